The van der Waals surface area contributed by atoms with E-state index in [1.54, 1.807) is 10.6 Å². The van der Waals surface area contributed by atoms with Crippen molar-refractivity contribution in [2.75, 3.05) is 24.2 Å². The Labute approximate surface area is 245 Å². The predicted octanol–water partition coefficient (Wildman–Crippen LogP) is 3.99. The second kappa shape index (κ2) is 12.8. The maximum Gasteiger partial charge on any atom is 0.251 e. The lowest BCUT2D eigenvalue weighted by Gasteiger charge is -2.15. The SMILES string of the molecule is O=C(CSc1nnc(CNC(=O)c2ccc(S(=O)(=O)N3CCCC3)cc2)n1-c1ccc(F)cc1)Nc1ccccc1F. The van der Waals surface area contributed by atoms with Gasteiger partial charge in [0.2, 0.25) is 15.9 Å². The van der Waals surface area contributed by atoms with Crippen molar-refractivity contribution >= 4 is 39.3 Å². The van der Waals surface area contributed by atoms with Crippen LogP contribution in [0.5, 0.6) is 0 Å². The maximum atomic E-state index is 13.9. The largest absolute Gasteiger partial charge is 0.345 e. The Morgan fingerprint density at radius 2 is 1.60 bits per heavy atom. The van der Waals surface area contributed by atoms with Crippen LogP contribution in [-0.4, -0.2) is 58.1 Å². The number of halogens is 2. The molecule has 3 aromatic carbocycles. The topological polar surface area (TPSA) is 126 Å². The second-order valence-corrected chi connectivity index (χ2v) is 12.2. The van der Waals surface area contributed by atoms with Crippen molar-refractivity contribution in [3.63, 3.8) is 0 Å². The van der Waals surface area contributed by atoms with Gasteiger partial charge in [0.15, 0.2) is 11.0 Å². The summed E-state index contributed by atoms with van der Waals surface area (Å²) in [5.41, 5.74) is 0.801. The first-order chi connectivity index (χ1) is 20.2. The number of nitrogens with one attached hydrogen (secondary N) is 2. The average Bonchev–Trinajstić information content (AvgIpc) is 3.68. The number of benzene rings is 3. The molecule has 0 unspecified atom stereocenters. The smallest absolute Gasteiger partial charge is 0.251 e. The number of anilines is 1. The molecule has 2 heterocycles. The molecule has 0 saturated carbocycles. The molecule has 5 rings (SSSR count). The molecule has 1 aromatic heterocycles. The minimum absolute atomic E-state index is 0.0492. The normalized spacial score (nSPS) is 13.7. The van der Waals surface area contributed by atoms with Crippen LogP contribution in [0.4, 0.5) is 14.5 Å². The number of rotatable bonds is 10. The van der Waals surface area contributed by atoms with Crippen LogP contribution < -0.4 is 10.6 Å². The highest BCUT2D eigenvalue weighted by Crippen LogP contribution is 2.24. The van der Waals surface area contributed by atoms with E-state index in [4.69, 9.17) is 0 Å². The summed E-state index contributed by atoms with van der Waals surface area (Å²) in [6, 6.07) is 17.0. The number of hydrogen-bond acceptors (Lipinski definition) is 7. The quantitative estimate of drug-likeness (QED) is 0.260. The third-order valence-electron chi connectivity index (χ3n) is 6.49. The van der Waals surface area contributed by atoms with Crippen LogP contribution in [0.15, 0.2) is 82.8 Å². The molecule has 10 nitrogen and oxygen atoms in total. The van der Waals surface area contributed by atoms with Gasteiger partial charge >= 0.3 is 0 Å². The number of carbonyl (C=O) groups is 2. The number of thioether (sulfide) groups is 1. The average molecular weight is 613 g/mol. The van der Waals surface area contributed by atoms with Crippen LogP contribution in [0.3, 0.4) is 0 Å². The molecule has 0 spiro atoms. The Morgan fingerprint density at radius 3 is 2.29 bits per heavy atom. The fraction of sp³-hybridized carbons (Fsp3) is 0.214. The standard InChI is InChI=1S/C28H26F2N6O4S2/c29-20-9-11-21(12-10-20)36-25(33-34-28(36)41-18-26(37)32-24-6-2-1-5-23(24)30)17-31-27(38)19-7-13-22(14-8-19)42(39,40)35-15-3-4-16-35/h1-2,5-14H,3-4,15-18H2,(H,31,38)(H,32,37). The molecule has 4 aromatic rings. The molecule has 42 heavy (non-hydrogen) atoms. The third kappa shape index (κ3) is 6.66. The van der Waals surface area contributed by atoms with E-state index in [1.165, 1.54) is 71.0 Å². The lowest BCUT2D eigenvalue weighted by molar-refractivity contribution is -0.113. The number of sulfonamides is 1. The van der Waals surface area contributed by atoms with Gasteiger partial charge in [-0.1, -0.05) is 23.9 Å². The Hall–Kier alpha value is -4.14. The maximum absolute atomic E-state index is 13.9. The van der Waals surface area contributed by atoms with E-state index in [2.05, 4.69) is 20.8 Å². The Kier molecular flexibility index (Phi) is 8.94. The van der Waals surface area contributed by atoms with Crippen LogP contribution in [0.25, 0.3) is 5.69 Å². The molecular weight excluding hydrogens is 586 g/mol. The van der Waals surface area contributed by atoms with Gasteiger partial charge < -0.3 is 10.6 Å². The van der Waals surface area contributed by atoms with Crippen molar-refractivity contribution in [3.05, 3.63) is 95.8 Å². The number of carbonyl (C=O) groups excluding carboxylic acids is 2. The van der Waals surface area contributed by atoms with E-state index in [-0.39, 0.29) is 28.4 Å². The number of amides is 2. The van der Waals surface area contributed by atoms with E-state index in [0.717, 1.165) is 24.6 Å². The van der Waals surface area contributed by atoms with Crippen molar-refractivity contribution in [2.45, 2.75) is 29.4 Å². The fourth-order valence-corrected chi connectivity index (χ4v) is 6.64. The van der Waals surface area contributed by atoms with E-state index >= 15 is 0 Å². The molecule has 0 bridgehead atoms. The summed E-state index contributed by atoms with van der Waals surface area (Å²) in [5, 5.41) is 13.8. The van der Waals surface area contributed by atoms with E-state index < -0.39 is 33.5 Å². The molecule has 218 valence electrons. The number of nitrogens with zero attached hydrogens (tertiary/aromatic N) is 4. The van der Waals surface area contributed by atoms with Gasteiger partial charge in [0.1, 0.15) is 11.6 Å². The number of para-hydroxylation sites is 1. The van der Waals surface area contributed by atoms with Gasteiger partial charge in [-0.25, -0.2) is 17.2 Å². The molecule has 1 aliphatic heterocycles. The summed E-state index contributed by atoms with van der Waals surface area (Å²) >= 11 is 1.03. The highest BCUT2D eigenvalue weighted by Gasteiger charge is 2.27. The molecule has 0 atom stereocenters. The first kappa shape index (κ1) is 29.4. The lowest BCUT2D eigenvalue weighted by atomic mass is 10.2. The van der Waals surface area contributed by atoms with E-state index in [9.17, 15) is 26.8 Å². The van der Waals surface area contributed by atoms with Gasteiger partial charge in [-0.05, 0) is 73.5 Å². The van der Waals surface area contributed by atoms with Gasteiger partial charge in [0.05, 0.1) is 22.9 Å². The van der Waals surface area contributed by atoms with Gasteiger partial charge in [-0.15, -0.1) is 10.2 Å². The number of hydrogen-bond donors (Lipinski definition) is 2. The van der Waals surface area contributed by atoms with Crippen LogP contribution in [0.2, 0.25) is 0 Å². The van der Waals surface area contributed by atoms with Crippen LogP contribution >= 0.6 is 11.8 Å². The van der Waals surface area contributed by atoms with Crippen LogP contribution in [-0.2, 0) is 21.4 Å². The van der Waals surface area contributed by atoms with Crippen molar-refractivity contribution in [3.8, 4) is 5.69 Å². The van der Waals surface area contributed by atoms with Crippen molar-refractivity contribution in [1.29, 1.82) is 0 Å². The molecule has 14 heteroatoms. The molecule has 0 radical (unpaired) electrons. The van der Waals surface area contributed by atoms with E-state index in [1.807, 2.05) is 0 Å². The lowest BCUT2D eigenvalue weighted by Crippen LogP contribution is -2.28. The van der Waals surface area contributed by atoms with Crippen molar-refractivity contribution in [1.82, 2.24) is 24.4 Å². The summed E-state index contributed by atoms with van der Waals surface area (Å²) in [4.78, 5) is 25.5. The Bertz CT molecular complexity index is 1690. The molecule has 1 saturated heterocycles. The van der Waals surface area contributed by atoms with Crippen LogP contribution in [0.1, 0.15) is 29.0 Å². The summed E-state index contributed by atoms with van der Waals surface area (Å²) < 4.78 is 56.1. The molecular formula is C28H26F2N6O4S2. The number of aromatic nitrogens is 3. The third-order valence-corrected chi connectivity index (χ3v) is 9.33. The summed E-state index contributed by atoms with van der Waals surface area (Å²) in [7, 11) is -3.60. The Balaban J connectivity index is 1.28. The van der Waals surface area contributed by atoms with Crippen molar-refractivity contribution in [2.24, 2.45) is 0 Å². The van der Waals surface area contributed by atoms with Gasteiger partial charge in [-0.3, -0.25) is 14.2 Å². The first-order valence-electron chi connectivity index (χ1n) is 13.0. The molecule has 2 N–H and O–H groups in total. The zero-order valence-corrected chi connectivity index (χ0v) is 23.8. The molecule has 1 fully saturated rings. The van der Waals surface area contributed by atoms with E-state index in [0.29, 0.717) is 29.8 Å². The zero-order valence-electron chi connectivity index (χ0n) is 22.2. The fourth-order valence-electron chi connectivity index (χ4n) is 4.35. The Morgan fingerprint density at radius 1 is 0.905 bits per heavy atom. The minimum atomic E-state index is -3.60. The van der Waals surface area contributed by atoms with Crippen LogP contribution in [0, 0.1) is 11.6 Å². The van der Waals surface area contributed by atoms with Crippen molar-refractivity contribution < 1.29 is 26.8 Å². The second-order valence-electron chi connectivity index (χ2n) is 9.35. The van der Waals surface area contributed by atoms with Gasteiger partial charge in [0, 0.05) is 24.3 Å². The van der Waals surface area contributed by atoms with Gasteiger partial charge in [-0.2, -0.15) is 4.31 Å². The first-order valence-corrected chi connectivity index (χ1v) is 15.4. The molecule has 0 aliphatic carbocycles. The summed E-state index contributed by atoms with van der Waals surface area (Å²) in [5.74, 6) is -1.76. The minimum Gasteiger partial charge on any atom is -0.345 e. The predicted molar refractivity (Wildman–Crippen MR) is 153 cm³/mol. The summed E-state index contributed by atoms with van der Waals surface area (Å²) in [6.45, 7) is 0.894. The summed E-state index contributed by atoms with van der Waals surface area (Å²) in [6.07, 6.45) is 1.65. The zero-order chi connectivity index (χ0) is 29.7. The van der Waals surface area contributed by atoms with Gasteiger partial charge in [0.25, 0.3) is 5.91 Å². The molecule has 2 amide bonds. The highest BCUT2D eigenvalue weighted by molar-refractivity contribution is 7.99. The monoisotopic (exact) mass is 612 g/mol. The highest BCUT2D eigenvalue weighted by atomic mass is 32.2. The molecule has 1 aliphatic rings.